The van der Waals surface area contributed by atoms with E-state index in [0.29, 0.717) is 13.1 Å². The molecule has 4 atom stereocenters. The van der Waals surface area contributed by atoms with Crippen LogP contribution in [0.15, 0.2) is 30.3 Å². The molecule has 1 aromatic rings. The zero-order valence-electron chi connectivity index (χ0n) is 19.6. The Labute approximate surface area is 193 Å². The molecule has 1 saturated heterocycles. The number of nitrogens with zero attached hydrogens (tertiary/aromatic N) is 1. The molecule has 2 fully saturated rings. The number of urea groups is 1. The van der Waals surface area contributed by atoms with Crippen LogP contribution in [0.3, 0.4) is 0 Å². The van der Waals surface area contributed by atoms with Crippen molar-refractivity contribution < 1.29 is 14.6 Å². The van der Waals surface area contributed by atoms with Crippen molar-refractivity contribution in [2.75, 3.05) is 26.7 Å². The SMILES string of the molecule is CC#COC(c1ccccc1)[C@@H]1CCCN(C(=O)N[C@H](CNC)[C@H](O)C2CCCCC2)C1. The number of rotatable bonds is 8. The van der Waals surface area contributed by atoms with E-state index >= 15 is 0 Å². The second-order valence-electron chi connectivity index (χ2n) is 9.15. The average molecular weight is 442 g/mol. The molecule has 0 bridgehead atoms. The number of carbonyl (C=O) groups excluding carboxylic acids is 1. The second kappa shape index (κ2) is 12.7. The summed E-state index contributed by atoms with van der Waals surface area (Å²) in [5.74, 6) is 3.26. The Balaban J connectivity index is 1.65. The number of benzene rings is 1. The van der Waals surface area contributed by atoms with Crippen molar-refractivity contribution in [1.82, 2.24) is 15.5 Å². The fourth-order valence-corrected chi connectivity index (χ4v) is 5.17. The van der Waals surface area contributed by atoms with Gasteiger partial charge in [0.2, 0.25) is 0 Å². The van der Waals surface area contributed by atoms with Gasteiger partial charge in [0.15, 0.2) is 0 Å². The molecule has 32 heavy (non-hydrogen) atoms. The first kappa shape index (κ1) is 24.4. The highest BCUT2D eigenvalue weighted by atomic mass is 16.5. The van der Waals surface area contributed by atoms with Crippen LogP contribution >= 0.6 is 0 Å². The number of aliphatic hydroxyl groups is 1. The molecule has 2 aliphatic rings. The first-order chi connectivity index (χ1) is 15.6. The molecule has 1 unspecified atom stereocenters. The van der Waals surface area contributed by atoms with Crippen molar-refractivity contribution in [3.8, 4) is 12.0 Å². The summed E-state index contributed by atoms with van der Waals surface area (Å²) in [6.45, 7) is 3.66. The summed E-state index contributed by atoms with van der Waals surface area (Å²) in [6, 6.07) is 9.74. The van der Waals surface area contributed by atoms with Gasteiger partial charge < -0.3 is 25.4 Å². The van der Waals surface area contributed by atoms with Gasteiger partial charge in [0.05, 0.1) is 12.1 Å². The monoisotopic (exact) mass is 441 g/mol. The minimum atomic E-state index is -0.521. The topological polar surface area (TPSA) is 73.8 Å². The first-order valence-corrected chi connectivity index (χ1v) is 12.1. The van der Waals surface area contributed by atoms with Gasteiger partial charge in [0, 0.05) is 32.5 Å². The van der Waals surface area contributed by atoms with Crippen molar-refractivity contribution in [2.45, 2.75) is 70.1 Å². The zero-order chi connectivity index (χ0) is 22.8. The Morgan fingerprint density at radius 1 is 1.16 bits per heavy atom. The number of hydrogen-bond donors (Lipinski definition) is 3. The number of hydrogen-bond acceptors (Lipinski definition) is 4. The highest BCUT2D eigenvalue weighted by Crippen LogP contribution is 2.33. The standard InChI is InChI=1S/C26H39N3O3/c1-3-17-32-25(21-13-8-5-9-14-21)22-15-10-16-29(19-22)26(31)28-23(18-27-2)24(30)20-11-6-4-7-12-20/h5,8-9,13-14,20,22-25,27,30H,4,6-7,10-12,15-16,18-19H2,1-2H3,(H,28,31)/t22-,23-,24-,25?/m1/s1. The van der Waals surface area contributed by atoms with Gasteiger partial charge in [0.1, 0.15) is 12.2 Å². The van der Waals surface area contributed by atoms with Gasteiger partial charge in [-0.1, -0.05) is 55.5 Å². The molecule has 1 aliphatic carbocycles. The lowest BCUT2D eigenvalue weighted by Gasteiger charge is -2.38. The smallest absolute Gasteiger partial charge is 0.317 e. The van der Waals surface area contributed by atoms with Crippen molar-refractivity contribution in [2.24, 2.45) is 11.8 Å². The number of amides is 2. The summed E-state index contributed by atoms with van der Waals surface area (Å²) in [4.78, 5) is 15.1. The van der Waals surface area contributed by atoms with E-state index in [9.17, 15) is 9.90 Å². The van der Waals surface area contributed by atoms with E-state index < -0.39 is 6.10 Å². The van der Waals surface area contributed by atoms with Gasteiger partial charge in [-0.15, -0.1) is 0 Å². The molecule has 0 spiro atoms. The van der Waals surface area contributed by atoms with Crippen molar-refractivity contribution in [3.05, 3.63) is 35.9 Å². The van der Waals surface area contributed by atoms with E-state index in [4.69, 9.17) is 4.74 Å². The van der Waals surface area contributed by atoms with Gasteiger partial charge >= 0.3 is 6.03 Å². The summed E-state index contributed by atoms with van der Waals surface area (Å²) in [5.41, 5.74) is 1.09. The number of aliphatic hydroxyl groups excluding tert-OH is 1. The van der Waals surface area contributed by atoms with Gasteiger partial charge in [-0.05, 0) is 44.2 Å². The number of carbonyl (C=O) groups is 1. The van der Waals surface area contributed by atoms with E-state index in [-0.39, 0.29) is 30.0 Å². The van der Waals surface area contributed by atoms with Crippen LogP contribution in [0.5, 0.6) is 0 Å². The normalized spacial score (nSPS) is 22.2. The van der Waals surface area contributed by atoms with Gasteiger partial charge in [-0.25, -0.2) is 4.79 Å². The largest absolute Gasteiger partial charge is 0.438 e. The van der Waals surface area contributed by atoms with Crippen LogP contribution < -0.4 is 10.6 Å². The van der Waals surface area contributed by atoms with Crippen LogP contribution in [0.4, 0.5) is 4.79 Å². The molecular formula is C26H39N3O3. The molecule has 2 amide bonds. The van der Waals surface area contributed by atoms with E-state index in [0.717, 1.165) is 50.6 Å². The Morgan fingerprint density at radius 2 is 1.88 bits per heavy atom. The van der Waals surface area contributed by atoms with Gasteiger partial charge in [-0.2, -0.15) is 0 Å². The minimum absolute atomic E-state index is 0.0989. The van der Waals surface area contributed by atoms with Crippen molar-refractivity contribution in [1.29, 1.82) is 0 Å². The molecule has 3 rings (SSSR count). The Bertz CT molecular complexity index is 755. The number of likely N-dealkylation sites (tertiary alicyclic amines) is 1. The Hall–Kier alpha value is -2.23. The molecule has 1 heterocycles. The quantitative estimate of drug-likeness (QED) is 0.538. The minimum Gasteiger partial charge on any atom is -0.438 e. The molecule has 0 radical (unpaired) electrons. The summed E-state index contributed by atoms with van der Waals surface area (Å²) in [5, 5.41) is 17.3. The summed E-state index contributed by atoms with van der Waals surface area (Å²) in [6.07, 6.45) is 9.65. The number of nitrogens with one attached hydrogen (secondary N) is 2. The number of piperidine rings is 1. The van der Waals surface area contributed by atoms with E-state index in [2.05, 4.69) is 34.8 Å². The molecule has 3 N–H and O–H groups in total. The fourth-order valence-electron chi connectivity index (χ4n) is 5.17. The third-order valence-electron chi connectivity index (χ3n) is 6.87. The van der Waals surface area contributed by atoms with E-state index in [1.807, 2.05) is 30.1 Å². The molecule has 1 saturated carbocycles. The van der Waals surface area contributed by atoms with Crippen LogP contribution in [0, 0.1) is 23.9 Å². The predicted molar refractivity (Wildman–Crippen MR) is 127 cm³/mol. The molecule has 176 valence electrons. The maximum atomic E-state index is 13.2. The summed E-state index contributed by atoms with van der Waals surface area (Å²) < 4.78 is 5.91. The summed E-state index contributed by atoms with van der Waals surface area (Å²) >= 11 is 0. The lowest BCUT2D eigenvalue weighted by atomic mass is 9.82. The highest BCUT2D eigenvalue weighted by Gasteiger charge is 2.34. The third kappa shape index (κ3) is 6.63. The lowest BCUT2D eigenvalue weighted by molar-refractivity contribution is 0.0428. The van der Waals surface area contributed by atoms with Crippen LogP contribution in [0.2, 0.25) is 0 Å². The van der Waals surface area contributed by atoms with Crippen LogP contribution in [-0.4, -0.2) is 54.9 Å². The van der Waals surface area contributed by atoms with Crippen LogP contribution in [0.1, 0.15) is 63.5 Å². The number of likely N-dealkylation sites (N-methyl/N-ethyl adjacent to an activating group) is 1. The summed E-state index contributed by atoms with van der Waals surface area (Å²) in [7, 11) is 1.86. The van der Waals surface area contributed by atoms with Crippen LogP contribution in [-0.2, 0) is 4.74 Å². The van der Waals surface area contributed by atoms with E-state index in [1.165, 1.54) is 6.42 Å². The Kier molecular flexibility index (Phi) is 9.70. The molecule has 6 nitrogen and oxygen atoms in total. The molecule has 1 aliphatic heterocycles. The van der Waals surface area contributed by atoms with Crippen molar-refractivity contribution >= 4 is 6.03 Å². The lowest BCUT2D eigenvalue weighted by Crippen LogP contribution is -2.56. The number of ether oxygens (including phenoxy) is 1. The third-order valence-corrected chi connectivity index (χ3v) is 6.87. The molecule has 1 aromatic carbocycles. The molecule has 0 aromatic heterocycles. The van der Waals surface area contributed by atoms with Gasteiger partial charge in [0.25, 0.3) is 0 Å². The van der Waals surface area contributed by atoms with E-state index in [1.54, 1.807) is 6.92 Å². The van der Waals surface area contributed by atoms with Crippen LogP contribution in [0.25, 0.3) is 0 Å². The highest BCUT2D eigenvalue weighted by molar-refractivity contribution is 5.74. The second-order valence-corrected chi connectivity index (χ2v) is 9.15. The zero-order valence-corrected chi connectivity index (χ0v) is 19.6. The molecular weight excluding hydrogens is 402 g/mol. The maximum Gasteiger partial charge on any atom is 0.317 e. The van der Waals surface area contributed by atoms with Crippen molar-refractivity contribution in [3.63, 3.8) is 0 Å². The average Bonchev–Trinajstić information content (AvgIpc) is 2.85. The maximum absolute atomic E-state index is 13.2. The molecule has 6 heteroatoms. The Morgan fingerprint density at radius 3 is 2.56 bits per heavy atom. The fraction of sp³-hybridized carbons (Fsp3) is 0.654. The first-order valence-electron chi connectivity index (χ1n) is 12.1. The van der Waals surface area contributed by atoms with Gasteiger partial charge in [-0.3, -0.25) is 0 Å². The predicted octanol–water partition coefficient (Wildman–Crippen LogP) is 3.68.